The Morgan fingerprint density at radius 1 is 1.07 bits per heavy atom. The molecule has 0 fully saturated rings. The molecule has 0 aromatic heterocycles. The van der Waals surface area contributed by atoms with Crippen molar-refractivity contribution in [2.75, 3.05) is 0 Å². The molecule has 1 rings (SSSR count). The number of hydrogen-bond donors (Lipinski definition) is 1. The first kappa shape index (κ1) is 11.8. The average molecular weight is 206 g/mol. The minimum absolute atomic E-state index is 0.145. The largest absolute Gasteiger partial charge is 0.507 e. The normalized spacial score (nSPS) is 11.1. The summed E-state index contributed by atoms with van der Waals surface area (Å²) in [5.41, 5.74) is 2.18. The maximum absolute atomic E-state index is 11.0. The van der Waals surface area contributed by atoms with Gasteiger partial charge in [0.15, 0.2) is 6.29 Å². The van der Waals surface area contributed by atoms with E-state index in [1.807, 2.05) is 39.8 Å². The Kier molecular flexibility index (Phi) is 3.51. The lowest BCUT2D eigenvalue weighted by molar-refractivity contribution is 0.111. The Labute approximate surface area is 90.9 Å². The van der Waals surface area contributed by atoms with Crippen molar-refractivity contribution in [1.29, 1.82) is 0 Å². The summed E-state index contributed by atoms with van der Waals surface area (Å²) < 4.78 is 0. The summed E-state index contributed by atoms with van der Waals surface area (Å²) in [6, 6.07) is 3.84. The number of carbonyl (C=O) groups is 1. The third-order valence-electron chi connectivity index (χ3n) is 2.64. The maximum Gasteiger partial charge on any atom is 0.154 e. The van der Waals surface area contributed by atoms with Crippen molar-refractivity contribution in [1.82, 2.24) is 0 Å². The minimum atomic E-state index is 0.145. The summed E-state index contributed by atoms with van der Waals surface area (Å²) in [7, 11) is 0. The Morgan fingerprint density at radius 3 is 1.93 bits per heavy atom. The predicted octanol–water partition coefficient (Wildman–Crippen LogP) is 3.45. The molecule has 0 bridgehead atoms. The number of benzene rings is 1. The fourth-order valence-corrected chi connectivity index (χ4v) is 1.73. The number of phenolic OH excluding ortho intramolecular Hbond substituents is 1. The molecule has 0 aliphatic rings. The summed E-state index contributed by atoms with van der Waals surface area (Å²) in [6.45, 7) is 8.02. The van der Waals surface area contributed by atoms with Crippen molar-refractivity contribution in [3.8, 4) is 5.75 Å². The van der Waals surface area contributed by atoms with Crippen molar-refractivity contribution in [2.45, 2.75) is 39.5 Å². The molecular formula is C13H18O2. The first-order chi connectivity index (χ1) is 6.99. The van der Waals surface area contributed by atoms with E-state index in [1.54, 1.807) is 0 Å². The van der Waals surface area contributed by atoms with Gasteiger partial charge in [0.25, 0.3) is 0 Å². The number of hydrogen-bond acceptors (Lipinski definition) is 2. The second-order valence-corrected chi connectivity index (χ2v) is 4.43. The van der Waals surface area contributed by atoms with Gasteiger partial charge in [0.1, 0.15) is 5.75 Å². The molecule has 2 heteroatoms. The summed E-state index contributed by atoms with van der Waals surface area (Å²) >= 11 is 0. The van der Waals surface area contributed by atoms with Crippen LogP contribution in [0.3, 0.4) is 0 Å². The third kappa shape index (κ3) is 2.20. The summed E-state index contributed by atoms with van der Waals surface area (Å²) in [4.78, 5) is 11.0. The van der Waals surface area contributed by atoms with E-state index in [9.17, 15) is 9.90 Å². The zero-order chi connectivity index (χ0) is 11.6. The highest BCUT2D eigenvalue weighted by atomic mass is 16.3. The molecule has 1 aromatic carbocycles. The summed E-state index contributed by atoms with van der Waals surface area (Å²) in [5, 5.41) is 9.96. The third-order valence-corrected chi connectivity index (χ3v) is 2.64. The zero-order valence-corrected chi connectivity index (χ0v) is 9.74. The van der Waals surface area contributed by atoms with Crippen LogP contribution in [0.25, 0.3) is 0 Å². The van der Waals surface area contributed by atoms with Gasteiger partial charge in [-0.25, -0.2) is 0 Å². The van der Waals surface area contributed by atoms with E-state index in [4.69, 9.17) is 0 Å². The average Bonchev–Trinajstić information content (AvgIpc) is 2.16. The van der Waals surface area contributed by atoms with Crippen LogP contribution < -0.4 is 0 Å². The van der Waals surface area contributed by atoms with Crippen LogP contribution in [-0.4, -0.2) is 11.4 Å². The number of aromatic hydroxyl groups is 1. The fourth-order valence-electron chi connectivity index (χ4n) is 1.73. The van der Waals surface area contributed by atoms with Crippen molar-refractivity contribution in [3.63, 3.8) is 0 Å². The van der Waals surface area contributed by atoms with Crippen LogP contribution in [0, 0.1) is 0 Å². The van der Waals surface area contributed by atoms with E-state index >= 15 is 0 Å². The lowest BCUT2D eigenvalue weighted by Gasteiger charge is -2.15. The molecular weight excluding hydrogens is 188 g/mol. The summed E-state index contributed by atoms with van der Waals surface area (Å²) in [5.74, 6) is 0.619. The smallest absolute Gasteiger partial charge is 0.154 e. The van der Waals surface area contributed by atoms with E-state index in [2.05, 4.69) is 0 Å². The van der Waals surface area contributed by atoms with E-state index in [-0.39, 0.29) is 17.6 Å². The number of rotatable bonds is 3. The molecule has 82 valence electrons. The predicted molar refractivity (Wildman–Crippen MR) is 61.7 cm³/mol. The Morgan fingerprint density at radius 2 is 1.53 bits per heavy atom. The van der Waals surface area contributed by atoms with Gasteiger partial charge in [0.05, 0.1) is 5.56 Å². The molecule has 2 nitrogen and oxygen atoms in total. The Hall–Kier alpha value is -1.31. The van der Waals surface area contributed by atoms with Crippen LogP contribution in [0.4, 0.5) is 0 Å². The highest BCUT2D eigenvalue weighted by Gasteiger charge is 2.15. The highest BCUT2D eigenvalue weighted by molar-refractivity contribution is 5.83. The molecule has 0 saturated heterocycles. The molecule has 1 N–H and O–H groups in total. The van der Waals surface area contributed by atoms with E-state index in [1.165, 1.54) is 0 Å². The van der Waals surface area contributed by atoms with Crippen LogP contribution in [-0.2, 0) is 0 Å². The number of phenols is 1. The molecule has 15 heavy (non-hydrogen) atoms. The van der Waals surface area contributed by atoms with Crippen LogP contribution in [0.5, 0.6) is 5.75 Å². The van der Waals surface area contributed by atoms with Crippen LogP contribution in [0.2, 0.25) is 0 Å². The molecule has 0 radical (unpaired) electrons. The molecule has 0 spiro atoms. The van der Waals surface area contributed by atoms with Crippen LogP contribution in [0.15, 0.2) is 12.1 Å². The topological polar surface area (TPSA) is 37.3 Å². The van der Waals surface area contributed by atoms with Crippen LogP contribution in [0.1, 0.15) is 61.0 Å². The molecule has 0 aliphatic carbocycles. The van der Waals surface area contributed by atoms with Crippen molar-refractivity contribution in [3.05, 3.63) is 28.8 Å². The van der Waals surface area contributed by atoms with E-state index in [0.717, 1.165) is 17.4 Å². The molecule has 0 unspecified atom stereocenters. The van der Waals surface area contributed by atoms with Gasteiger partial charge in [-0.3, -0.25) is 4.79 Å². The molecule has 0 saturated carbocycles. The number of aldehydes is 1. The van der Waals surface area contributed by atoms with Gasteiger partial charge in [0.2, 0.25) is 0 Å². The highest BCUT2D eigenvalue weighted by Crippen LogP contribution is 2.33. The van der Waals surface area contributed by atoms with Crippen LogP contribution >= 0.6 is 0 Å². The first-order valence-corrected chi connectivity index (χ1v) is 5.30. The Balaban J connectivity index is 3.39. The summed E-state index contributed by atoms with van der Waals surface area (Å²) in [6.07, 6.45) is 0.747. The van der Waals surface area contributed by atoms with Crippen molar-refractivity contribution >= 4 is 6.29 Å². The van der Waals surface area contributed by atoms with Gasteiger partial charge in [0, 0.05) is 0 Å². The van der Waals surface area contributed by atoms with Gasteiger partial charge >= 0.3 is 0 Å². The molecule has 0 atom stereocenters. The lowest BCUT2D eigenvalue weighted by atomic mass is 9.91. The van der Waals surface area contributed by atoms with E-state index < -0.39 is 0 Å². The first-order valence-electron chi connectivity index (χ1n) is 5.30. The van der Waals surface area contributed by atoms with Gasteiger partial charge in [-0.2, -0.15) is 0 Å². The number of carbonyl (C=O) groups excluding carboxylic acids is 1. The lowest BCUT2D eigenvalue weighted by Crippen LogP contribution is -1.99. The SMILES string of the molecule is CC(C)c1ccc(C(C)C)c(C=O)c1O. The molecule has 0 amide bonds. The second-order valence-electron chi connectivity index (χ2n) is 4.43. The Bertz CT molecular complexity index is 365. The minimum Gasteiger partial charge on any atom is -0.507 e. The van der Waals surface area contributed by atoms with Crippen molar-refractivity contribution < 1.29 is 9.90 Å². The maximum atomic E-state index is 11.0. The van der Waals surface area contributed by atoms with E-state index in [0.29, 0.717) is 5.56 Å². The van der Waals surface area contributed by atoms with Gasteiger partial charge < -0.3 is 5.11 Å². The molecule has 1 aromatic rings. The second kappa shape index (κ2) is 4.47. The quantitative estimate of drug-likeness (QED) is 0.769. The van der Waals surface area contributed by atoms with Gasteiger partial charge in [-0.15, -0.1) is 0 Å². The monoisotopic (exact) mass is 206 g/mol. The van der Waals surface area contributed by atoms with Crippen molar-refractivity contribution in [2.24, 2.45) is 0 Å². The standard InChI is InChI=1S/C13H18O2/c1-8(2)10-5-6-11(9(3)4)13(15)12(10)7-14/h5-9,15H,1-4H3. The fraction of sp³-hybridized carbons (Fsp3) is 0.462. The molecule has 0 aliphatic heterocycles. The van der Waals surface area contributed by atoms with Gasteiger partial charge in [-0.05, 0) is 23.0 Å². The molecule has 0 heterocycles. The zero-order valence-electron chi connectivity index (χ0n) is 9.74. The van der Waals surface area contributed by atoms with Gasteiger partial charge in [-0.1, -0.05) is 39.8 Å².